The van der Waals surface area contributed by atoms with Crippen molar-refractivity contribution in [1.29, 1.82) is 0 Å². The number of carbonyl (C=O) groups is 2. The van der Waals surface area contributed by atoms with Crippen molar-refractivity contribution in [3.05, 3.63) is 11.9 Å². The Kier molecular flexibility index (Phi) is 3.43. The standard InChI is InChI=1S/C11H16N4O4/c1-6-8(5-14(2)13-6)12-11(19)15-4-7(16)3-9(15)10(17)18/h5,7,9,16H,3-4H2,1-2H3,(H,12,19)(H,17,18). The third kappa shape index (κ3) is 2.68. The number of rotatable bonds is 2. The second kappa shape index (κ2) is 4.88. The van der Waals surface area contributed by atoms with E-state index in [-0.39, 0.29) is 13.0 Å². The largest absolute Gasteiger partial charge is 0.480 e. The van der Waals surface area contributed by atoms with Gasteiger partial charge in [-0.25, -0.2) is 9.59 Å². The van der Waals surface area contributed by atoms with Crippen molar-refractivity contribution < 1.29 is 19.8 Å². The van der Waals surface area contributed by atoms with E-state index in [2.05, 4.69) is 10.4 Å². The molecule has 0 bridgehead atoms. The average Bonchev–Trinajstić information content (AvgIpc) is 2.83. The molecule has 1 aromatic heterocycles. The summed E-state index contributed by atoms with van der Waals surface area (Å²) in [6, 6.07) is -1.54. The molecule has 0 aromatic carbocycles. The van der Waals surface area contributed by atoms with Gasteiger partial charge < -0.3 is 20.4 Å². The number of nitrogens with one attached hydrogen (secondary N) is 1. The lowest BCUT2D eigenvalue weighted by molar-refractivity contribution is -0.141. The van der Waals surface area contributed by atoms with Crippen molar-refractivity contribution in [2.75, 3.05) is 11.9 Å². The fourth-order valence-corrected chi connectivity index (χ4v) is 2.18. The monoisotopic (exact) mass is 268 g/mol. The van der Waals surface area contributed by atoms with Crippen LogP contribution in [0.5, 0.6) is 0 Å². The molecule has 0 saturated carbocycles. The summed E-state index contributed by atoms with van der Waals surface area (Å²) in [5.41, 5.74) is 1.17. The first-order valence-corrected chi connectivity index (χ1v) is 5.87. The number of aliphatic carboxylic acids is 1. The summed E-state index contributed by atoms with van der Waals surface area (Å²) in [5, 5.41) is 25.2. The minimum Gasteiger partial charge on any atom is -0.480 e. The molecular weight excluding hydrogens is 252 g/mol. The van der Waals surface area contributed by atoms with Crippen LogP contribution in [0.15, 0.2) is 6.20 Å². The summed E-state index contributed by atoms with van der Waals surface area (Å²) in [5.74, 6) is -1.12. The van der Waals surface area contributed by atoms with Gasteiger partial charge in [-0.3, -0.25) is 4.68 Å². The molecule has 104 valence electrons. The first-order chi connectivity index (χ1) is 8.88. The normalized spacial score (nSPS) is 22.6. The summed E-state index contributed by atoms with van der Waals surface area (Å²) in [4.78, 5) is 24.2. The minimum atomic E-state index is -1.12. The van der Waals surface area contributed by atoms with Gasteiger partial charge in [0.05, 0.1) is 17.5 Å². The lowest BCUT2D eigenvalue weighted by Crippen LogP contribution is -2.43. The molecule has 1 saturated heterocycles. The molecule has 0 radical (unpaired) electrons. The number of aryl methyl sites for hydroxylation is 2. The molecule has 1 aliphatic heterocycles. The number of hydrogen-bond acceptors (Lipinski definition) is 4. The number of amides is 2. The number of nitrogens with zero attached hydrogens (tertiary/aromatic N) is 3. The van der Waals surface area contributed by atoms with Gasteiger partial charge in [-0.05, 0) is 6.92 Å². The molecule has 1 aromatic rings. The van der Waals surface area contributed by atoms with E-state index in [1.165, 1.54) is 0 Å². The highest BCUT2D eigenvalue weighted by atomic mass is 16.4. The maximum atomic E-state index is 12.0. The highest BCUT2D eigenvalue weighted by Crippen LogP contribution is 2.20. The third-order valence-electron chi connectivity index (χ3n) is 3.08. The van der Waals surface area contributed by atoms with Crippen LogP contribution in [0, 0.1) is 6.92 Å². The average molecular weight is 268 g/mol. The van der Waals surface area contributed by atoms with Gasteiger partial charge in [0, 0.05) is 26.2 Å². The Hall–Kier alpha value is -2.09. The maximum Gasteiger partial charge on any atom is 0.326 e. The van der Waals surface area contributed by atoms with Crippen LogP contribution in [0.3, 0.4) is 0 Å². The summed E-state index contributed by atoms with van der Waals surface area (Å²) in [7, 11) is 1.72. The number of β-amino-alcohol motifs (C(OH)–C–C–N with tert-alkyl or cyclic N) is 1. The molecule has 2 unspecified atom stereocenters. The van der Waals surface area contributed by atoms with E-state index in [1.54, 1.807) is 24.9 Å². The van der Waals surface area contributed by atoms with Crippen molar-refractivity contribution in [1.82, 2.24) is 14.7 Å². The van der Waals surface area contributed by atoms with Gasteiger partial charge in [0.2, 0.25) is 0 Å². The Morgan fingerprint density at radius 1 is 1.53 bits per heavy atom. The van der Waals surface area contributed by atoms with Gasteiger partial charge in [0.25, 0.3) is 0 Å². The van der Waals surface area contributed by atoms with Crippen LogP contribution >= 0.6 is 0 Å². The smallest absolute Gasteiger partial charge is 0.326 e. The summed E-state index contributed by atoms with van der Waals surface area (Å²) < 4.78 is 1.55. The first-order valence-electron chi connectivity index (χ1n) is 5.87. The molecule has 8 nitrogen and oxygen atoms in total. The Morgan fingerprint density at radius 3 is 2.74 bits per heavy atom. The third-order valence-corrected chi connectivity index (χ3v) is 3.08. The zero-order valence-corrected chi connectivity index (χ0v) is 10.7. The van der Waals surface area contributed by atoms with Crippen LogP contribution in [-0.2, 0) is 11.8 Å². The lowest BCUT2D eigenvalue weighted by Gasteiger charge is -2.21. The van der Waals surface area contributed by atoms with Crippen LogP contribution in [0.2, 0.25) is 0 Å². The van der Waals surface area contributed by atoms with Crippen molar-refractivity contribution in [2.24, 2.45) is 7.05 Å². The maximum absolute atomic E-state index is 12.0. The van der Waals surface area contributed by atoms with Crippen LogP contribution in [0.1, 0.15) is 12.1 Å². The van der Waals surface area contributed by atoms with E-state index in [1.807, 2.05) is 0 Å². The van der Waals surface area contributed by atoms with Crippen molar-refractivity contribution in [2.45, 2.75) is 25.5 Å². The van der Waals surface area contributed by atoms with Crippen LogP contribution < -0.4 is 5.32 Å². The number of carbonyl (C=O) groups excluding carboxylic acids is 1. The fraction of sp³-hybridized carbons (Fsp3) is 0.545. The molecule has 2 amide bonds. The minimum absolute atomic E-state index is 0.0160. The molecule has 0 aliphatic carbocycles. The van der Waals surface area contributed by atoms with Gasteiger partial charge in [-0.1, -0.05) is 0 Å². The highest BCUT2D eigenvalue weighted by Gasteiger charge is 2.39. The predicted molar refractivity (Wildman–Crippen MR) is 65.7 cm³/mol. The van der Waals surface area contributed by atoms with E-state index in [4.69, 9.17) is 5.11 Å². The fourth-order valence-electron chi connectivity index (χ4n) is 2.18. The van der Waals surface area contributed by atoms with E-state index in [0.717, 1.165) is 4.90 Å². The number of aliphatic hydroxyl groups is 1. The number of anilines is 1. The van der Waals surface area contributed by atoms with Crippen molar-refractivity contribution in [3.8, 4) is 0 Å². The summed E-state index contributed by atoms with van der Waals surface area (Å²) in [6.07, 6.45) is 0.881. The van der Waals surface area contributed by atoms with Crippen molar-refractivity contribution in [3.63, 3.8) is 0 Å². The summed E-state index contributed by atoms with van der Waals surface area (Å²) in [6.45, 7) is 1.76. The molecule has 1 fully saturated rings. The second-order valence-corrected chi connectivity index (χ2v) is 4.63. The van der Waals surface area contributed by atoms with Gasteiger partial charge in [0.1, 0.15) is 6.04 Å². The molecule has 2 rings (SSSR count). The van der Waals surface area contributed by atoms with E-state index in [0.29, 0.717) is 11.4 Å². The predicted octanol–water partition coefficient (Wildman–Crippen LogP) is -0.220. The van der Waals surface area contributed by atoms with Crippen LogP contribution in [0.4, 0.5) is 10.5 Å². The Balaban J connectivity index is 2.11. The van der Waals surface area contributed by atoms with Gasteiger partial charge in [-0.2, -0.15) is 5.10 Å². The van der Waals surface area contributed by atoms with Gasteiger partial charge >= 0.3 is 12.0 Å². The Bertz CT molecular complexity index is 513. The zero-order chi connectivity index (χ0) is 14.2. The van der Waals surface area contributed by atoms with E-state index in [9.17, 15) is 14.7 Å². The lowest BCUT2D eigenvalue weighted by atomic mass is 10.2. The molecule has 1 aliphatic rings. The SMILES string of the molecule is Cc1nn(C)cc1NC(=O)N1CC(O)CC1C(=O)O. The zero-order valence-electron chi connectivity index (χ0n) is 10.7. The number of carboxylic acid groups (broad SMARTS) is 1. The number of urea groups is 1. The quantitative estimate of drug-likeness (QED) is 0.687. The molecule has 0 spiro atoms. The number of aromatic nitrogens is 2. The highest BCUT2D eigenvalue weighted by molar-refractivity contribution is 5.93. The Morgan fingerprint density at radius 2 is 2.21 bits per heavy atom. The van der Waals surface area contributed by atoms with E-state index < -0.39 is 24.1 Å². The molecule has 19 heavy (non-hydrogen) atoms. The van der Waals surface area contributed by atoms with Gasteiger partial charge in [0.15, 0.2) is 0 Å². The topological polar surface area (TPSA) is 108 Å². The number of likely N-dealkylation sites (tertiary alicyclic amines) is 1. The Labute approximate surface area is 109 Å². The van der Waals surface area contributed by atoms with E-state index >= 15 is 0 Å². The number of carboxylic acids is 1. The molecule has 3 N–H and O–H groups in total. The molecule has 8 heteroatoms. The summed E-state index contributed by atoms with van der Waals surface area (Å²) >= 11 is 0. The van der Waals surface area contributed by atoms with Crippen LogP contribution in [0.25, 0.3) is 0 Å². The second-order valence-electron chi connectivity index (χ2n) is 4.63. The van der Waals surface area contributed by atoms with Crippen molar-refractivity contribution >= 4 is 17.7 Å². The number of hydrogen-bond donors (Lipinski definition) is 3. The molecule has 2 atom stereocenters. The number of aliphatic hydroxyl groups excluding tert-OH is 1. The van der Waals surface area contributed by atoms with Gasteiger partial charge in [-0.15, -0.1) is 0 Å². The molecular formula is C11H16N4O4. The van der Waals surface area contributed by atoms with Crippen LogP contribution in [-0.4, -0.2) is 55.6 Å². The first kappa shape index (κ1) is 13.3. The molecule has 2 heterocycles.